The Labute approximate surface area is 220 Å². The summed E-state index contributed by atoms with van der Waals surface area (Å²) in [6, 6.07) is 9.86. The highest BCUT2D eigenvalue weighted by Gasteiger charge is 2.23. The molecule has 2 heterocycles. The number of ether oxygens (including phenoxy) is 1. The molecular formula is C27H32ClN5O4. The highest BCUT2D eigenvalue weighted by molar-refractivity contribution is 6.31. The zero-order valence-electron chi connectivity index (χ0n) is 21.1. The van der Waals surface area contributed by atoms with Crippen LogP contribution in [0.5, 0.6) is 5.75 Å². The lowest BCUT2D eigenvalue weighted by atomic mass is 10.0. The molecule has 3 aromatic rings. The molecule has 3 amide bonds. The normalized spacial score (nSPS) is 17.8. The number of imidazole rings is 1. The number of fused-ring (bicyclic) bond motifs is 2. The molecule has 0 aliphatic carbocycles. The van der Waals surface area contributed by atoms with Crippen LogP contribution in [0.3, 0.4) is 0 Å². The molecule has 4 rings (SSSR count). The molecule has 9 nitrogen and oxygen atoms in total. The molecule has 1 aliphatic rings. The van der Waals surface area contributed by atoms with Crippen LogP contribution in [-0.2, 0) is 4.79 Å². The molecule has 0 radical (unpaired) electrons. The molecule has 1 aliphatic heterocycles. The fraction of sp³-hybridized carbons (Fsp3) is 0.407. The second kappa shape index (κ2) is 12.1. The van der Waals surface area contributed by atoms with Crippen LogP contribution in [-0.4, -0.2) is 64.9 Å². The van der Waals surface area contributed by atoms with Crippen molar-refractivity contribution in [2.45, 2.75) is 39.2 Å². The van der Waals surface area contributed by atoms with Gasteiger partial charge >= 0.3 is 0 Å². The van der Waals surface area contributed by atoms with Gasteiger partial charge in [0.1, 0.15) is 12.4 Å². The van der Waals surface area contributed by atoms with Crippen LogP contribution in [0.25, 0.3) is 11.0 Å². The van der Waals surface area contributed by atoms with Gasteiger partial charge in [0, 0.05) is 23.7 Å². The van der Waals surface area contributed by atoms with Gasteiger partial charge in [-0.25, -0.2) is 4.98 Å². The lowest BCUT2D eigenvalue weighted by Gasteiger charge is -2.25. The average molecular weight is 526 g/mol. The van der Waals surface area contributed by atoms with Crippen molar-refractivity contribution >= 4 is 40.4 Å². The number of nitrogens with one attached hydrogen (secondary N) is 3. The topological polar surface area (TPSA) is 116 Å². The Bertz CT molecular complexity index is 1270. The van der Waals surface area contributed by atoms with E-state index in [1.54, 1.807) is 47.6 Å². The van der Waals surface area contributed by atoms with E-state index in [1.165, 1.54) is 0 Å². The van der Waals surface area contributed by atoms with E-state index in [1.807, 2.05) is 0 Å². The largest absolute Gasteiger partial charge is 0.491 e. The van der Waals surface area contributed by atoms with Crippen molar-refractivity contribution in [3.63, 3.8) is 0 Å². The van der Waals surface area contributed by atoms with Crippen molar-refractivity contribution in [1.82, 2.24) is 25.5 Å². The average Bonchev–Trinajstić information content (AvgIpc) is 3.33. The van der Waals surface area contributed by atoms with Crippen LogP contribution in [0.15, 0.2) is 42.7 Å². The summed E-state index contributed by atoms with van der Waals surface area (Å²) in [5.74, 6) is -0.0736. The third kappa shape index (κ3) is 7.01. The van der Waals surface area contributed by atoms with Crippen LogP contribution in [0.1, 0.15) is 53.8 Å². The number of amides is 3. The number of carbonyl (C=O) groups excluding carboxylic acids is 3. The van der Waals surface area contributed by atoms with Gasteiger partial charge in [-0.2, -0.15) is 0 Å². The molecule has 1 aromatic heterocycles. The fourth-order valence-corrected chi connectivity index (χ4v) is 4.58. The minimum Gasteiger partial charge on any atom is -0.491 e. The monoisotopic (exact) mass is 525 g/mol. The molecular weight excluding hydrogens is 494 g/mol. The number of rotatable bonds is 3. The third-order valence-electron chi connectivity index (χ3n) is 6.18. The van der Waals surface area contributed by atoms with E-state index in [9.17, 15) is 14.4 Å². The minimum absolute atomic E-state index is 0.0764. The second-order valence-corrected chi connectivity index (χ2v) is 10.1. The summed E-state index contributed by atoms with van der Waals surface area (Å²) in [6.45, 7) is 5.00. The van der Waals surface area contributed by atoms with Crippen molar-refractivity contribution in [3.05, 3.63) is 58.9 Å². The maximum absolute atomic E-state index is 13.4. The summed E-state index contributed by atoms with van der Waals surface area (Å²) in [4.78, 5) is 48.1. The molecule has 0 fully saturated rings. The van der Waals surface area contributed by atoms with Gasteiger partial charge in [0.05, 0.1) is 35.5 Å². The van der Waals surface area contributed by atoms with E-state index < -0.39 is 0 Å². The van der Waals surface area contributed by atoms with Gasteiger partial charge in [-0.05, 0) is 61.6 Å². The van der Waals surface area contributed by atoms with Crippen LogP contribution in [0.2, 0.25) is 5.02 Å². The minimum atomic E-state index is -0.303. The summed E-state index contributed by atoms with van der Waals surface area (Å²) in [5.41, 5.74) is 2.35. The maximum atomic E-state index is 13.4. The van der Waals surface area contributed by atoms with E-state index in [-0.39, 0.29) is 36.9 Å². The van der Waals surface area contributed by atoms with Crippen molar-refractivity contribution in [1.29, 1.82) is 0 Å². The number of aromatic nitrogens is 2. The van der Waals surface area contributed by atoms with Gasteiger partial charge in [-0.3, -0.25) is 14.4 Å². The summed E-state index contributed by atoms with van der Waals surface area (Å²) in [7, 11) is 0. The molecule has 0 bridgehead atoms. The molecule has 2 aromatic carbocycles. The first-order chi connectivity index (χ1) is 17.8. The predicted molar refractivity (Wildman–Crippen MR) is 142 cm³/mol. The highest BCUT2D eigenvalue weighted by atomic mass is 35.5. The standard InChI is InChI=1S/C27H32ClN5O4/c1-17(2)11-20-15-37-24-8-6-19(28)13-21(24)26(35)29-9-3-4-10-33(14-25(34)32-20)27(36)18-5-7-22-23(12-18)31-16-30-22/h5-8,12-13,16-17,20H,3-4,9-11,14-15H2,1-2H3,(H,29,35)(H,30,31)(H,32,34)/t20-/m1/s1. The summed E-state index contributed by atoms with van der Waals surface area (Å²) in [5, 5.41) is 6.37. The first-order valence-corrected chi connectivity index (χ1v) is 12.9. The molecule has 0 spiro atoms. The van der Waals surface area contributed by atoms with Gasteiger partial charge in [-0.15, -0.1) is 0 Å². The zero-order chi connectivity index (χ0) is 26.4. The number of hydrogen-bond donors (Lipinski definition) is 3. The zero-order valence-corrected chi connectivity index (χ0v) is 21.8. The Kier molecular flexibility index (Phi) is 8.66. The van der Waals surface area contributed by atoms with E-state index in [0.29, 0.717) is 60.2 Å². The number of nitrogens with zero attached hydrogens (tertiary/aromatic N) is 2. The molecule has 0 saturated carbocycles. The smallest absolute Gasteiger partial charge is 0.255 e. The van der Waals surface area contributed by atoms with Crippen LogP contribution in [0.4, 0.5) is 0 Å². The lowest BCUT2D eigenvalue weighted by Crippen LogP contribution is -2.46. The first kappa shape index (κ1) is 26.5. The van der Waals surface area contributed by atoms with Crippen molar-refractivity contribution in [2.75, 3.05) is 26.2 Å². The Morgan fingerprint density at radius 1 is 1.19 bits per heavy atom. The number of benzene rings is 2. The quantitative estimate of drug-likeness (QED) is 0.481. The Hall–Kier alpha value is -3.59. The summed E-state index contributed by atoms with van der Waals surface area (Å²) in [6.07, 6.45) is 3.49. The number of halogens is 1. The van der Waals surface area contributed by atoms with Crippen LogP contribution < -0.4 is 15.4 Å². The second-order valence-electron chi connectivity index (χ2n) is 9.67. The van der Waals surface area contributed by atoms with E-state index in [2.05, 4.69) is 34.4 Å². The molecule has 37 heavy (non-hydrogen) atoms. The van der Waals surface area contributed by atoms with Gasteiger partial charge in [0.25, 0.3) is 11.8 Å². The van der Waals surface area contributed by atoms with E-state index in [4.69, 9.17) is 16.3 Å². The van der Waals surface area contributed by atoms with Gasteiger partial charge in [0.15, 0.2) is 0 Å². The number of hydrogen-bond acceptors (Lipinski definition) is 5. The molecule has 1 atom stereocenters. The van der Waals surface area contributed by atoms with Crippen LogP contribution >= 0.6 is 11.6 Å². The molecule has 3 N–H and O–H groups in total. The molecule has 0 unspecified atom stereocenters. The van der Waals surface area contributed by atoms with Gasteiger partial charge < -0.3 is 25.3 Å². The lowest BCUT2D eigenvalue weighted by molar-refractivity contribution is -0.122. The van der Waals surface area contributed by atoms with Crippen molar-refractivity contribution < 1.29 is 19.1 Å². The highest BCUT2D eigenvalue weighted by Crippen LogP contribution is 2.24. The van der Waals surface area contributed by atoms with E-state index in [0.717, 1.165) is 11.0 Å². The Morgan fingerprint density at radius 3 is 2.84 bits per heavy atom. The molecule has 196 valence electrons. The number of aromatic amines is 1. The number of carbonyl (C=O) groups is 3. The van der Waals surface area contributed by atoms with Crippen LogP contribution in [0, 0.1) is 5.92 Å². The van der Waals surface area contributed by atoms with Crippen molar-refractivity contribution in [3.8, 4) is 5.75 Å². The SMILES string of the molecule is CC(C)C[C@@H]1COc2ccc(Cl)cc2C(=O)NCCCCN(C(=O)c2ccc3nc[nH]c3c2)CC(=O)N1. The van der Waals surface area contributed by atoms with Gasteiger partial charge in [-0.1, -0.05) is 25.4 Å². The third-order valence-corrected chi connectivity index (χ3v) is 6.41. The van der Waals surface area contributed by atoms with E-state index >= 15 is 0 Å². The summed E-state index contributed by atoms with van der Waals surface area (Å²) >= 11 is 6.14. The fourth-order valence-electron chi connectivity index (χ4n) is 4.41. The Morgan fingerprint density at radius 2 is 2.03 bits per heavy atom. The molecule has 0 saturated heterocycles. The number of H-pyrrole nitrogens is 1. The first-order valence-electron chi connectivity index (χ1n) is 12.5. The maximum Gasteiger partial charge on any atom is 0.255 e. The van der Waals surface area contributed by atoms with Gasteiger partial charge in [0.2, 0.25) is 5.91 Å². The predicted octanol–water partition coefficient (Wildman–Crippen LogP) is 3.79. The Balaban J connectivity index is 1.55. The van der Waals surface area contributed by atoms with Crippen molar-refractivity contribution in [2.24, 2.45) is 5.92 Å². The molecule has 10 heteroatoms. The summed E-state index contributed by atoms with van der Waals surface area (Å²) < 4.78 is 6.00.